The Hall–Kier alpha value is -3.06. The van der Waals surface area contributed by atoms with Gasteiger partial charge in [0.05, 0.1) is 17.5 Å². The van der Waals surface area contributed by atoms with Crippen LogP contribution in [0.3, 0.4) is 0 Å². The second kappa shape index (κ2) is 8.23. The first-order valence-corrected chi connectivity index (χ1v) is 11.6. The van der Waals surface area contributed by atoms with E-state index in [0.29, 0.717) is 0 Å². The van der Waals surface area contributed by atoms with Crippen LogP contribution in [0, 0.1) is 0 Å². The van der Waals surface area contributed by atoms with E-state index in [4.69, 9.17) is 9.97 Å². The molecule has 2 aromatic carbocycles. The number of hydrogen-bond acceptors (Lipinski definition) is 6. The lowest BCUT2D eigenvalue weighted by Gasteiger charge is -2.14. The quantitative estimate of drug-likeness (QED) is 0.447. The molecule has 0 amide bonds. The van der Waals surface area contributed by atoms with Crippen LogP contribution in [-0.4, -0.2) is 37.2 Å². The van der Waals surface area contributed by atoms with Gasteiger partial charge in [-0.2, -0.15) is 5.10 Å². The van der Waals surface area contributed by atoms with Crippen molar-refractivity contribution in [2.24, 2.45) is 0 Å². The van der Waals surface area contributed by atoms with Crippen LogP contribution in [0.2, 0.25) is 0 Å². The Morgan fingerprint density at radius 3 is 2.74 bits per heavy atom. The van der Waals surface area contributed by atoms with Crippen molar-refractivity contribution in [2.45, 2.75) is 37.1 Å². The van der Waals surface area contributed by atoms with E-state index in [1.54, 1.807) is 12.1 Å². The first-order chi connectivity index (χ1) is 15.1. The minimum atomic E-state index is 0.179. The molecule has 31 heavy (non-hydrogen) atoms. The number of anilines is 1. The van der Waals surface area contributed by atoms with Crippen molar-refractivity contribution in [1.29, 1.82) is 0 Å². The number of phenols is 1. The van der Waals surface area contributed by atoms with E-state index < -0.39 is 0 Å². The van der Waals surface area contributed by atoms with Crippen LogP contribution in [0.25, 0.3) is 11.0 Å². The number of thioether (sulfide) groups is 1. The van der Waals surface area contributed by atoms with Crippen molar-refractivity contribution in [1.82, 2.24) is 19.7 Å². The Kier molecular flexibility index (Phi) is 5.28. The van der Waals surface area contributed by atoms with Gasteiger partial charge in [0.15, 0.2) is 5.65 Å². The highest BCUT2D eigenvalue weighted by atomic mass is 32.2. The molecule has 2 aromatic heterocycles. The van der Waals surface area contributed by atoms with Crippen LogP contribution in [0.1, 0.15) is 42.8 Å². The van der Waals surface area contributed by atoms with Gasteiger partial charge in [0.2, 0.25) is 0 Å². The van der Waals surface area contributed by atoms with Gasteiger partial charge < -0.3 is 10.4 Å². The SMILES string of the molecule is CC(C)n1ncc2c(NCCc3ccc(O)cc3)nc(C3CSc4ccccc43)nc21. The summed E-state index contributed by atoms with van der Waals surface area (Å²) in [6.07, 6.45) is 2.70. The Balaban J connectivity index is 1.48. The highest BCUT2D eigenvalue weighted by Gasteiger charge is 2.28. The van der Waals surface area contributed by atoms with Gasteiger partial charge in [-0.1, -0.05) is 30.3 Å². The molecule has 1 aliphatic rings. The maximum Gasteiger partial charge on any atom is 0.163 e. The number of phenolic OH excluding ortho intramolecular Hbond substituents is 1. The fraction of sp³-hybridized carbons (Fsp3) is 0.292. The van der Waals surface area contributed by atoms with E-state index in [1.165, 1.54) is 10.5 Å². The Morgan fingerprint density at radius 1 is 1.13 bits per heavy atom. The standard InChI is InChI=1S/C24H25N5OS/c1-15(2)29-24-19(13-26-29)22(25-12-11-16-7-9-17(30)10-8-16)27-23(28-24)20-14-31-21-6-4-3-5-18(20)21/h3-10,13,15,20,30H,11-12,14H2,1-2H3,(H,25,27,28). The average molecular weight is 432 g/mol. The van der Waals surface area contributed by atoms with E-state index in [0.717, 1.165) is 47.0 Å². The number of nitrogens with zero attached hydrogens (tertiary/aromatic N) is 4. The molecule has 0 saturated carbocycles. The summed E-state index contributed by atoms with van der Waals surface area (Å²) in [5, 5.41) is 18.5. The number of nitrogens with one attached hydrogen (secondary N) is 1. The van der Waals surface area contributed by atoms with Crippen LogP contribution in [0.5, 0.6) is 5.75 Å². The number of hydrogen-bond donors (Lipinski definition) is 2. The summed E-state index contributed by atoms with van der Waals surface area (Å²) in [7, 11) is 0. The maximum atomic E-state index is 9.49. The molecule has 1 aliphatic heterocycles. The third kappa shape index (κ3) is 3.85. The molecule has 4 aromatic rings. The summed E-state index contributed by atoms with van der Waals surface area (Å²) in [5.74, 6) is 3.10. The third-order valence-corrected chi connectivity index (χ3v) is 6.80. The number of benzene rings is 2. The third-order valence-electron chi connectivity index (χ3n) is 5.61. The van der Waals surface area contributed by atoms with Crippen molar-refractivity contribution < 1.29 is 5.11 Å². The van der Waals surface area contributed by atoms with Crippen molar-refractivity contribution in [3.05, 3.63) is 71.7 Å². The lowest BCUT2D eigenvalue weighted by Crippen LogP contribution is -2.13. The molecule has 3 heterocycles. The summed E-state index contributed by atoms with van der Waals surface area (Å²) in [4.78, 5) is 11.3. The van der Waals surface area contributed by atoms with E-state index in [9.17, 15) is 5.11 Å². The largest absolute Gasteiger partial charge is 0.508 e. The molecule has 158 valence electrons. The molecule has 0 radical (unpaired) electrons. The number of rotatable bonds is 6. The highest BCUT2D eigenvalue weighted by molar-refractivity contribution is 7.99. The van der Waals surface area contributed by atoms with E-state index >= 15 is 0 Å². The second-order valence-corrected chi connectivity index (χ2v) is 9.16. The molecule has 1 unspecified atom stereocenters. The van der Waals surface area contributed by atoms with Gasteiger partial charge in [-0.05, 0) is 49.6 Å². The lowest BCUT2D eigenvalue weighted by molar-refractivity contribution is 0.475. The normalized spacial score (nSPS) is 15.5. The molecular weight excluding hydrogens is 406 g/mol. The van der Waals surface area contributed by atoms with Crippen molar-refractivity contribution in [3.63, 3.8) is 0 Å². The fourth-order valence-corrected chi connectivity index (χ4v) is 5.20. The molecule has 2 N–H and O–H groups in total. The minimum Gasteiger partial charge on any atom is -0.508 e. The van der Waals surface area contributed by atoms with Gasteiger partial charge in [-0.3, -0.25) is 0 Å². The molecule has 5 rings (SSSR count). The van der Waals surface area contributed by atoms with Crippen molar-refractivity contribution in [2.75, 3.05) is 17.6 Å². The van der Waals surface area contributed by atoms with Gasteiger partial charge in [-0.25, -0.2) is 14.6 Å². The minimum absolute atomic E-state index is 0.179. The zero-order valence-corrected chi connectivity index (χ0v) is 18.4. The van der Waals surface area contributed by atoms with Gasteiger partial charge >= 0.3 is 0 Å². The summed E-state index contributed by atoms with van der Waals surface area (Å²) in [6, 6.07) is 16.1. The fourth-order valence-electron chi connectivity index (χ4n) is 3.98. The second-order valence-electron chi connectivity index (χ2n) is 8.10. The van der Waals surface area contributed by atoms with Crippen molar-refractivity contribution in [3.8, 4) is 5.75 Å². The van der Waals surface area contributed by atoms with Gasteiger partial charge in [0.1, 0.15) is 17.4 Å². The van der Waals surface area contributed by atoms with Gasteiger partial charge in [0.25, 0.3) is 0 Å². The molecule has 1 atom stereocenters. The predicted octanol–water partition coefficient (Wildman–Crippen LogP) is 5.01. The number of aromatic hydroxyl groups is 1. The van der Waals surface area contributed by atoms with Gasteiger partial charge in [0, 0.05) is 23.2 Å². The van der Waals surface area contributed by atoms with E-state index in [1.807, 2.05) is 34.8 Å². The summed E-state index contributed by atoms with van der Waals surface area (Å²) >= 11 is 1.87. The van der Waals surface area contributed by atoms with Crippen LogP contribution in [0.15, 0.2) is 59.6 Å². The van der Waals surface area contributed by atoms with E-state index in [-0.39, 0.29) is 17.7 Å². The molecule has 0 fully saturated rings. The highest BCUT2D eigenvalue weighted by Crippen LogP contribution is 2.42. The Bertz CT molecular complexity index is 1220. The maximum absolute atomic E-state index is 9.49. The lowest BCUT2D eigenvalue weighted by atomic mass is 10.0. The molecule has 6 nitrogen and oxygen atoms in total. The zero-order chi connectivity index (χ0) is 21.4. The van der Waals surface area contributed by atoms with Crippen LogP contribution < -0.4 is 5.32 Å². The van der Waals surface area contributed by atoms with Crippen LogP contribution in [-0.2, 0) is 6.42 Å². The monoisotopic (exact) mass is 431 g/mol. The average Bonchev–Trinajstić information content (AvgIpc) is 3.39. The van der Waals surface area contributed by atoms with Gasteiger partial charge in [-0.15, -0.1) is 11.8 Å². The molecule has 0 spiro atoms. The molecule has 0 bridgehead atoms. The molecule has 0 saturated heterocycles. The summed E-state index contributed by atoms with van der Waals surface area (Å²) < 4.78 is 1.97. The summed E-state index contributed by atoms with van der Waals surface area (Å²) in [5.41, 5.74) is 3.34. The first-order valence-electron chi connectivity index (χ1n) is 10.6. The Morgan fingerprint density at radius 2 is 1.94 bits per heavy atom. The number of aromatic nitrogens is 4. The zero-order valence-electron chi connectivity index (χ0n) is 17.6. The predicted molar refractivity (Wildman–Crippen MR) is 125 cm³/mol. The number of fused-ring (bicyclic) bond motifs is 2. The van der Waals surface area contributed by atoms with E-state index in [2.05, 4.69) is 48.5 Å². The summed E-state index contributed by atoms with van der Waals surface area (Å²) in [6.45, 7) is 4.97. The van der Waals surface area contributed by atoms with Crippen molar-refractivity contribution >= 4 is 28.6 Å². The molecule has 0 aliphatic carbocycles. The Labute approximate surface area is 185 Å². The molecular formula is C24H25N5OS. The molecule has 7 heteroatoms. The smallest absolute Gasteiger partial charge is 0.163 e. The van der Waals surface area contributed by atoms with Crippen LogP contribution >= 0.6 is 11.8 Å². The topological polar surface area (TPSA) is 75.9 Å². The van der Waals surface area contributed by atoms with Crippen LogP contribution in [0.4, 0.5) is 5.82 Å². The first kappa shape index (κ1) is 19.9.